The van der Waals surface area contributed by atoms with E-state index >= 15 is 0 Å². The smallest absolute Gasteiger partial charge is 0.314 e. The SMILES string of the molecule is O=C(Nc1cccc(Cl)c1)C(=O)Nc1cnn(C[C@@H](O)CN2CCCC2)c1. The Morgan fingerprint density at radius 1 is 1.15 bits per heavy atom. The van der Waals surface area contributed by atoms with Crippen molar-refractivity contribution in [2.45, 2.75) is 25.5 Å². The van der Waals surface area contributed by atoms with Gasteiger partial charge in [-0.15, -0.1) is 0 Å². The summed E-state index contributed by atoms with van der Waals surface area (Å²) < 4.78 is 1.55. The van der Waals surface area contributed by atoms with Crippen LogP contribution in [-0.4, -0.2) is 57.3 Å². The Kier molecular flexibility index (Phi) is 6.44. The second-order valence-electron chi connectivity index (χ2n) is 6.53. The van der Waals surface area contributed by atoms with Crippen molar-refractivity contribution >= 4 is 34.8 Å². The summed E-state index contributed by atoms with van der Waals surface area (Å²) in [4.78, 5) is 26.2. The van der Waals surface area contributed by atoms with Gasteiger partial charge in [0.2, 0.25) is 0 Å². The van der Waals surface area contributed by atoms with Gasteiger partial charge in [-0.3, -0.25) is 14.3 Å². The third-order valence-electron chi connectivity index (χ3n) is 4.25. The minimum atomic E-state index is -0.813. The van der Waals surface area contributed by atoms with Crippen molar-refractivity contribution in [2.75, 3.05) is 30.3 Å². The summed E-state index contributed by atoms with van der Waals surface area (Å²) in [7, 11) is 0. The Morgan fingerprint density at radius 2 is 1.85 bits per heavy atom. The third-order valence-corrected chi connectivity index (χ3v) is 4.48. The summed E-state index contributed by atoms with van der Waals surface area (Å²) >= 11 is 5.85. The Morgan fingerprint density at radius 3 is 2.56 bits per heavy atom. The zero-order chi connectivity index (χ0) is 19.2. The van der Waals surface area contributed by atoms with Gasteiger partial charge in [-0.25, -0.2) is 0 Å². The van der Waals surface area contributed by atoms with E-state index in [1.807, 2.05) is 0 Å². The van der Waals surface area contributed by atoms with Gasteiger partial charge < -0.3 is 20.6 Å². The molecule has 1 saturated heterocycles. The van der Waals surface area contributed by atoms with Crippen LogP contribution in [0.1, 0.15) is 12.8 Å². The van der Waals surface area contributed by atoms with E-state index < -0.39 is 17.9 Å². The molecule has 1 fully saturated rings. The van der Waals surface area contributed by atoms with Crippen molar-refractivity contribution in [1.29, 1.82) is 0 Å². The van der Waals surface area contributed by atoms with Crippen molar-refractivity contribution in [2.24, 2.45) is 0 Å². The average Bonchev–Trinajstić information content (AvgIpc) is 3.27. The fourth-order valence-electron chi connectivity index (χ4n) is 3.01. The molecule has 0 spiro atoms. The minimum Gasteiger partial charge on any atom is -0.390 e. The Hall–Kier alpha value is -2.42. The molecule has 0 aliphatic carbocycles. The molecule has 9 heteroatoms. The van der Waals surface area contributed by atoms with Crippen LogP contribution in [0.15, 0.2) is 36.7 Å². The molecule has 3 N–H and O–H groups in total. The van der Waals surface area contributed by atoms with Gasteiger partial charge in [-0.1, -0.05) is 17.7 Å². The number of anilines is 2. The molecule has 1 aliphatic heterocycles. The molecule has 8 nitrogen and oxygen atoms in total. The first kappa shape index (κ1) is 19.3. The number of aliphatic hydroxyl groups is 1. The highest BCUT2D eigenvalue weighted by molar-refractivity contribution is 6.43. The summed E-state index contributed by atoms with van der Waals surface area (Å²) in [6.07, 6.45) is 4.81. The molecule has 1 aliphatic rings. The number of nitrogens with one attached hydrogen (secondary N) is 2. The molecule has 2 amide bonds. The largest absolute Gasteiger partial charge is 0.390 e. The lowest BCUT2D eigenvalue weighted by Crippen LogP contribution is -2.32. The molecule has 27 heavy (non-hydrogen) atoms. The van der Waals surface area contributed by atoms with E-state index in [0.717, 1.165) is 13.1 Å². The monoisotopic (exact) mass is 391 g/mol. The van der Waals surface area contributed by atoms with Crippen molar-refractivity contribution in [1.82, 2.24) is 14.7 Å². The lowest BCUT2D eigenvalue weighted by molar-refractivity contribution is -0.132. The second kappa shape index (κ2) is 8.98. The summed E-state index contributed by atoms with van der Waals surface area (Å²) in [6.45, 7) is 2.95. The molecule has 0 bridgehead atoms. The van der Waals surface area contributed by atoms with Gasteiger partial charge in [0.1, 0.15) is 0 Å². The molecular formula is C18H22ClN5O3. The van der Waals surface area contributed by atoms with Crippen LogP contribution in [-0.2, 0) is 16.1 Å². The number of carbonyl (C=O) groups excluding carboxylic acids is 2. The van der Waals surface area contributed by atoms with Gasteiger partial charge in [0.25, 0.3) is 0 Å². The molecule has 3 rings (SSSR count). The number of carbonyl (C=O) groups is 2. The second-order valence-corrected chi connectivity index (χ2v) is 6.97. The maximum absolute atomic E-state index is 12.0. The molecule has 1 aromatic heterocycles. The van der Waals surface area contributed by atoms with E-state index in [1.54, 1.807) is 35.1 Å². The van der Waals surface area contributed by atoms with Gasteiger partial charge >= 0.3 is 11.8 Å². The lowest BCUT2D eigenvalue weighted by atomic mass is 10.3. The summed E-state index contributed by atoms with van der Waals surface area (Å²) in [6, 6.07) is 6.53. The number of rotatable bonds is 6. The molecular weight excluding hydrogens is 370 g/mol. The van der Waals surface area contributed by atoms with E-state index in [-0.39, 0.29) is 0 Å². The molecule has 2 aromatic rings. The third kappa shape index (κ3) is 5.78. The van der Waals surface area contributed by atoms with Crippen LogP contribution in [0.4, 0.5) is 11.4 Å². The normalized spacial score (nSPS) is 15.5. The molecule has 144 valence electrons. The number of hydrogen-bond donors (Lipinski definition) is 3. The van der Waals surface area contributed by atoms with Gasteiger partial charge in [0.15, 0.2) is 0 Å². The summed E-state index contributed by atoms with van der Waals surface area (Å²) in [5.74, 6) is -1.62. The highest BCUT2D eigenvalue weighted by Crippen LogP contribution is 2.15. The van der Waals surface area contributed by atoms with Gasteiger partial charge in [0, 0.05) is 23.5 Å². The van der Waals surface area contributed by atoms with Gasteiger partial charge in [0.05, 0.1) is 24.5 Å². The zero-order valence-electron chi connectivity index (χ0n) is 14.8. The highest BCUT2D eigenvalue weighted by Gasteiger charge is 2.18. The number of aliphatic hydroxyl groups excluding tert-OH is 1. The maximum atomic E-state index is 12.0. The van der Waals surface area contributed by atoms with Crippen molar-refractivity contribution in [3.05, 3.63) is 41.7 Å². The average molecular weight is 392 g/mol. The molecule has 1 aromatic carbocycles. The summed E-state index contributed by atoms with van der Waals surface area (Å²) in [5.41, 5.74) is 0.818. The van der Waals surface area contributed by atoms with Crippen molar-refractivity contribution < 1.29 is 14.7 Å². The predicted molar refractivity (Wildman–Crippen MR) is 103 cm³/mol. The number of amides is 2. The Labute approximate surface area is 162 Å². The molecule has 2 heterocycles. The van der Waals surface area contributed by atoms with Crippen LogP contribution in [0, 0.1) is 0 Å². The molecule has 0 saturated carbocycles. The van der Waals surface area contributed by atoms with Gasteiger partial charge in [-0.2, -0.15) is 5.10 Å². The van der Waals surface area contributed by atoms with Crippen LogP contribution in [0.3, 0.4) is 0 Å². The highest BCUT2D eigenvalue weighted by atomic mass is 35.5. The molecule has 0 unspecified atom stereocenters. The lowest BCUT2D eigenvalue weighted by Gasteiger charge is -2.19. The number of benzene rings is 1. The Bertz CT molecular complexity index is 804. The first-order chi connectivity index (χ1) is 13.0. The molecule has 1 atom stereocenters. The molecule has 0 radical (unpaired) electrons. The number of nitrogens with zero attached hydrogens (tertiary/aromatic N) is 3. The van der Waals surface area contributed by atoms with Crippen molar-refractivity contribution in [3.8, 4) is 0 Å². The predicted octanol–water partition coefficient (Wildman–Crippen LogP) is 1.57. The van der Waals surface area contributed by atoms with E-state index in [4.69, 9.17) is 11.6 Å². The van der Waals surface area contributed by atoms with E-state index in [2.05, 4.69) is 20.6 Å². The van der Waals surface area contributed by atoms with Crippen molar-refractivity contribution in [3.63, 3.8) is 0 Å². The zero-order valence-corrected chi connectivity index (χ0v) is 15.5. The number of halogens is 1. The van der Waals surface area contributed by atoms with Crippen LogP contribution >= 0.6 is 11.6 Å². The van der Waals surface area contributed by atoms with Crippen LogP contribution in [0.2, 0.25) is 5.02 Å². The van der Waals surface area contributed by atoms with Gasteiger partial charge in [-0.05, 0) is 44.1 Å². The van der Waals surface area contributed by atoms with Crippen LogP contribution in [0.25, 0.3) is 0 Å². The van der Waals surface area contributed by atoms with E-state index in [1.165, 1.54) is 19.0 Å². The summed E-state index contributed by atoms with van der Waals surface area (Å²) in [5, 5.41) is 19.7. The number of β-amino-alcohol motifs (C(OH)–C–C–N with tert-alkyl or cyclic N) is 1. The maximum Gasteiger partial charge on any atom is 0.314 e. The first-order valence-corrected chi connectivity index (χ1v) is 9.18. The van der Waals surface area contributed by atoms with E-state index in [0.29, 0.717) is 29.5 Å². The number of likely N-dealkylation sites (tertiary alicyclic amines) is 1. The minimum absolute atomic E-state index is 0.321. The first-order valence-electron chi connectivity index (χ1n) is 8.80. The fourth-order valence-corrected chi connectivity index (χ4v) is 3.20. The quantitative estimate of drug-likeness (QED) is 0.649. The number of aromatic nitrogens is 2. The van der Waals surface area contributed by atoms with Crippen LogP contribution < -0.4 is 10.6 Å². The fraction of sp³-hybridized carbons (Fsp3) is 0.389. The topological polar surface area (TPSA) is 99.5 Å². The van der Waals surface area contributed by atoms with Crippen LogP contribution in [0.5, 0.6) is 0 Å². The standard InChI is InChI=1S/C18H22ClN5O3/c19-13-4-3-5-14(8-13)21-17(26)18(27)22-15-9-20-24(10-15)12-16(25)11-23-6-1-2-7-23/h3-5,8-10,16,25H,1-2,6-7,11-12H2,(H,21,26)(H,22,27)/t16-/m0/s1. The number of hydrogen-bond acceptors (Lipinski definition) is 5. The van der Waals surface area contributed by atoms with E-state index in [9.17, 15) is 14.7 Å². The Balaban J connectivity index is 1.48.